The fourth-order valence-electron chi connectivity index (χ4n) is 2.69. The summed E-state index contributed by atoms with van der Waals surface area (Å²) in [5, 5.41) is 4.68. The molecule has 1 atom stereocenters. The molecule has 0 aromatic carbocycles. The van der Waals surface area contributed by atoms with Gasteiger partial charge in [-0.3, -0.25) is 9.58 Å². The molecule has 0 spiro atoms. The number of rotatable bonds is 8. The third-order valence-electron chi connectivity index (χ3n) is 4.33. The maximum Gasteiger partial charge on any atom is 0.0764 e. The van der Waals surface area contributed by atoms with Gasteiger partial charge in [0.15, 0.2) is 0 Å². The lowest BCUT2D eigenvalue weighted by atomic mass is 10.1. The molecule has 2 heterocycles. The van der Waals surface area contributed by atoms with Crippen molar-refractivity contribution in [2.75, 3.05) is 26.2 Å². The van der Waals surface area contributed by atoms with Crippen LogP contribution < -0.4 is 5.73 Å². The van der Waals surface area contributed by atoms with Gasteiger partial charge in [-0.05, 0) is 45.2 Å². The minimum absolute atomic E-state index is 0.422. The Morgan fingerprint density at radius 3 is 2.86 bits per heavy atom. The topological polar surface area (TPSA) is 56.3 Å². The highest BCUT2D eigenvalue weighted by atomic mass is 16.5. The standard InChI is InChI=1S/C16H30N4O/c1-3-14(2)20-11-5-15(18-20)13-19-9-6-16(7-10-19)21-12-4-8-17/h5,11,14,16H,3-4,6-10,12-13,17H2,1-2H3. The Bertz CT molecular complexity index is 399. The molecule has 0 amide bonds. The summed E-state index contributed by atoms with van der Waals surface area (Å²) in [4.78, 5) is 2.48. The molecule has 0 saturated carbocycles. The first-order valence-electron chi connectivity index (χ1n) is 8.31. The van der Waals surface area contributed by atoms with Crippen molar-refractivity contribution in [3.8, 4) is 0 Å². The number of hydrogen-bond donors (Lipinski definition) is 1. The summed E-state index contributed by atoms with van der Waals surface area (Å²) in [6.45, 7) is 9.09. The van der Waals surface area contributed by atoms with Gasteiger partial charge in [-0.2, -0.15) is 5.10 Å². The predicted octanol–water partition coefficient (Wildman–Crippen LogP) is 2.18. The molecule has 2 rings (SSSR count). The van der Waals surface area contributed by atoms with E-state index in [0.29, 0.717) is 12.1 Å². The number of likely N-dealkylation sites (tertiary alicyclic amines) is 1. The molecular formula is C16H30N4O. The lowest BCUT2D eigenvalue weighted by Gasteiger charge is -2.31. The first-order valence-corrected chi connectivity index (χ1v) is 8.31. The molecule has 5 heteroatoms. The van der Waals surface area contributed by atoms with E-state index in [0.717, 1.165) is 58.5 Å². The fourth-order valence-corrected chi connectivity index (χ4v) is 2.69. The molecule has 1 aliphatic heterocycles. The Kier molecular flexibility index (Phi) is 6.67. The number of hydrogen-bond acceptors (Lipinski definition) is 4. The summed E-state index contributed by atoms with van der Waals surface area (Å²) in [7, 11) is 0. The van der Waals surface area contributed by atoms with Gasteiger partial charge in [-0.15, -0.1) is 0 Å². The Labute approximate surface area is 128 Å². The van der Waals surface area contributed by atoms with E-state index in [1.807, 2.05) is 0 Å². The minimum atomic E-state index is 0.422. The second-order valence-corrected chi connectivity index (χ2v) is 6.03. The van der Waals surface area contributed by atoms with Gasteiger partial charge in [0, 0.05) is 38.5 Å². The van der Waals surface area contributed by atoms with Crippen LogP contribution in [-0.2, 0) is 11.3 Å². The summed E-state index contributed by atoms with van der Waals surface area (Å²) in [5.74, 6) is 0. The highest BCUT2D eigenvalue weighted by Crippen LogP contribution is 2.17. The minimum Gasteiger partial charge on any atom is -0.378 e. The van der Waals surface area contributed by atoms with Crippen LogP contribution in [0.25, 0.3) is 0 Å². The average Bonchev–Trinajstić information content (AvgIpc) is 2.97. The molecule has 1 fully saturated rings. The van der Waals surface area contributed by atoms with Crippen LogP contribution in [0.4, 0.5) is 0 Å². The van der Waals surface area contributed by atoms with Gasteiger partial charge in [0.2, 0.25) is 0 Å². The van der Waals surface area contributed by atoms with Crippen LogP contribution >= 0.6 is 0 Å². The van der Waals surface area contributed by atoms with Gasteiger partial charge in [-0.25, -0.2) is 0 Å². The van der Waals surface area contributed by atoms with Gasteiger partial charge < -0.3 is 10.5 Å². The fraction of sp³-hybridized carbons (Fsp3) is 0.812. The van der Waals surface area contributed by atoms with E-state index >= 15 is 0 Å². The molecule has 120 valence electrons. The quantitative estimate of drug-likeness (QED) is 0.747. The molecule has 0 radical (unpaired) electrons. The molecule has 1 saturated heterocycles. The highest BCUT2D eigenvalue weighted by Gasteiger charge is 2.20. The third kappa shape index (κ3) is 5.09. The van der Waals surface area contributed by atoms with E-state index in [1.54, 1.807) is 0 Å². The van der Waals surface area contributed by atoms with E-state index in [-0.39, 0.29) is 0 Å². The van der Waals surface area contributed by atoms with Gasteiger partial charge in [0.05, 0.1) is 11.8 Å². The molecule has 21 heavy (non-hydrogen) atoms. The van der Waals surface area contributed by atoms with Crippen LogP contribution in [0.15, 0.2) is 12.3 Å². The zero-order valence-corrected chi connectivity index (χ0v) is 13.5. The normalized spacial score (nSPS) is 19.0. The van der Waals surface area contributed by atoms with Gasteiger partial charge >= 0.3 is 0 Å². The van der Waals surface area contributed by atoms with E-state index in [1.165, 1.54) is 5.69 Å². The van der Waals surface area contributed by atoms with Crippen LogP contribution in [0, 0.1) is 0 Å². The summed E-state index contributed by atoms with van der Waals surface area (Å²) in [6.07, 6.45) is 6.85. The molecule has 0 aliphatic carbocycles. The SMILES string of the molecule is CCC(C)n1ccc(CN2CCC(OCCCN)CC2)n1. The summed E-state index contributed by atoms with van der Waals surface area (Å²) in [6, 6.07) is 2.64. The number of piperidine rings is 1. The Hall–Kier alpha value is -0.910. The molecule has 1 unspecified atom stereocenters. The molecule has 1 aromatic rings. The monoisotopic (exact) mass is 294 g/mol. The number of nitrogens with zero attached hydrogens (tertiary/aromatic N) is 3. The zero-order chi connectivity index (χ0) is 15.1. The van der Waals surface area contributed by atoms with Gasteiger partial charge in [0.25, 0.3) is 0 Å². The summed E-state index contributed by atoms with van der Waals surface area (Å²) >= 11 is 0. The molecule has 1 aliphatic rings. The lowest BCUT2D eigenvalue weighted by Crippen LogP contribution is -2.36. The van der Waals surface area contributed by atoms with Gasteiger partial charge in [0.1, 0.15) is 0 Å². The number of nitrogens with two attached hydrogens (primary N) is 1. The Morgan fingerprint density at radius 2 is 2.19 bits per heavy atom. The van der Waals surface area contributed by atoms with Crippen molar-refractivity contribution in [3.05, 3.63) is 18.0 Å². The van der Waals surface area contributed by atoms with E-state index in [4.69, 9.17) is 10.5 Å². The van der Waals surface area contributed by atoms with Crippen molar-refractivity contribution in [1.29, 1.82) is 0 Å². The predicted molar refractivity (Wildman–Crippen MR) is 85.2 cm³/mol. The van der Waals surface area contributed by atoms with E-state index in [9.17, 15) is 0 Å². The summed E-state index contributed by atoms with van der Waals surface area (Å²) in [5.41, 5.74) is 6.67. The highest BCUT2D eigenvalue weighted by molar-refractivity contribution is 5.00. The van der Waals surface area contributed by atoms with E-state index < -0.39 is 0 Å². The van der Waals surface area contributed by atoms with Crippen molar-refractivity contribution in [3.63, 3.8) is 0 Å². The maximum absolute atomic E-state index is 5.85. The van der Waals surface area contributed by atoms with Gasteiger partial charge in [-0.1, -0.05) is 6.92 Å². The van der Waals surface area contributed by atoms with Crippen molar-refractivity contribution < 1.29 is 4.74 Å². The smallest absolute Gasteiger partial charge is 0.0764 e. The molecule has 1 aromatic heterocycles. The van der Waals surface area contributed by atoms with Crippen LogP contribution in [-0.4, -0.2) is 47.0 Å². The second kappa shape index (κ2) is 8.51. The van der Waals surface area contributed by atoms with Crippen molar-refractivity contribution in [2.24, 2.45) is 5.73 Å². The second-order valence-electron chi connectivity index (χ2n) is 6.03. The number of aromatic nitrogens is 2. The van der Waals surface area contributed by atoms with Crippen LogP contribution in [0.2, 0.25) is 0 Å². The van der Waals surface area contributed by atoms with Crippen molar-refractivity contribution >= 4 is 0 Å². The number of ether oxygens (including phenoxy) is 1. The third-order valence-corrected chi connectivity index (χ3v) is 4.33. The van der Waals surface area contributed by atoms with Crippen LogP contribution in [0.3, 0.4) is 0 Å². The van der Waals surface area contributed by atoms with Crippen molar-refractivity contribution in [1.82, 2.24) is 14.7 Å². The first kappa shape index (κ1) is 16.5. The lowest BCUT2D eigenvalue weighted by molar-refractivity contribution is 0.00536. The largest absolute Gasteiger partial charge is 0.378 e. The van der Waals surface area contributed by atoms with E-state index in [2.05, 4.69) is 40.8 Å². The van der Waals surface area contributed by atoms with Crippen LogP contribution in [0.5, 0.6) is 0 Å². The van der Waals surface area contributed by atoms with Crippen LogP contribution in [0.1, 0.15) is 51.3 Å². The molecule has 5 nitrogen and oxygen atoms in total. The molecular weight excluding hydrogens is 264 g/mol. The van der Waals surface area contributed by atoms with Crippen molar-refractivity contribution in [2.45, 2.75) is 58.2 Å². The molecule has 2 N–H and O–H groups in total. The zero-order valence-electron chi connectivity index (χ0n) is 13.5. The maximum atomic E-state index is 5.85. The Morgan fingerprint density at radius 1 is 1.43 bits per heavy atom. The first-order chi connectivity index (χ1) is 10.2. The average molecular weight is 294 g/mol. The summed E-state index contributed by atoms with van der Waals surface area (Å²) < 4.78 is 7.93. The Balaban J connectivity index is 1.72. The molecule has 0 bridgehead atoms.